The zero-order chi connectivity index (χ0) is 21.7. The van der Waals surface area contributed by atoms with E-state index in [0.717, 1.165) is 25.7 Å². The van der Waals surface area contributed by atoms with E-state index in [2.05, 4.69) is 91.0 Å². The summed E-state index contributed by atoms with van der Waals surface area (Å²) in [5.74, 6) is 1.29. The second-order valence-corrected chi connectivity index (χ2v) is 9.92. The Morgan fingerprint density at radius 1 is 1.00 bits per heavy atom. The van der Waals surface area contributed by atoms with Crippen molar-refractivity contribution in [3.63, 3.8) is 0 Å². The Morgan fingerprint density at radius 3 is 2.38 bits per heavy atom. The highest BCUT2D eigenvalue weighted by molar-refractivity contribution is 5.15. The minimum Gasteiger partial charge on any atom is -0.369 e. The number of rotatable bonds is 15. The molecule has 0 aliphatic carbocycles. The van der Waals surface area contributed by atoms with Gasteiger partial charge in [-0.1, -0.05) is 102 Å². The van der Waals surface area contributed by atoms with Gasteiger partial charge in [0.25, 0.3) is 0 Å². The summed E-state index contributed by atoms with van der Waals surface area (Å²) in [6.45, 7) is 16.1. The van der Waals surface area contributed by atoms with Gasteiger partial charge in [-0.2, -0.15) is 0 Å². The first-order chi connectivity index (χ1) is 13.8. The van der Waals surface area contributed by atoms with Gasteiger partial charge >= 0.3 is 0 Å². The number of hydrogen-bond donors (Lipinski definition) is 0. The van der Waals surface area contributed by atoms with Crippen molar-refractivity contribution in [2.24, 2.45) is 17.3 Å². The molecule has 1 heteroatoms. The fourth-order valence-electron chi connectivity index (χ4n) is 4.15. The van der Waals surface area contributed by atoms with Crippen LogP contribution < -0.4 is 0 Å². The maximum absolute atomic E-state index is 5.91. The summed E-state index contributed by atoms with van der Waals surface area (Å²) < 4.78 is 5.91. The predicted molar refractivity (Wildman–Crippen MR) is 130 cm³/mol. The van der Waals surface area contributed by atoms with Gasteiger partial charge in [0.2, 0.25) is 0 Å². The molecule has 0 aromatic heterocycles. The first-order valence-electron chi connectivity index (χ1n) is 12.1. The topological polar surface area (TPSA) is 12.5 Å². The SMILES string of the molecule is CCC/C=C/CC/C=C/C(C)(C)C/C(C)=C/C=C/C(C)CC1OC1C(C)CCC. The molecule has 1 heterocycles. The van der Waals surface area contributed by atoms with Crippen LogP contribution in [-0.4, -0.2) is 12.2 Å². The van der Waals surface area contributed by atoms with Gasteiger partial charge in [-0.3, -0.25) is 0 Å². The average molecular weight is 401 g/mol. The van der Waals surface area contributed by atoms with E-state index < -0.39 is 0 Å². The van der Waals surface area contributed by atoms with Crippen LogP contribution in [0.25, 0.3) is 0 Å². The quantitative estimate of drug-likeness (QED) is 0.116. The molecule has 0 N–H and O–H groups in total. The zero-order valence-corrected chi connectivity index (χ0v) is 20.4. The van der Waals surface area contributed by atoms with Crippen molar-refractivity contribution in [2.75, 3.05) is 0 Å². The molecule has 0 saturated carbocycles. The summed E-state index contributed by atoms with van der Waals surface area (Å²) in [4.78, 5) is 0. The molecule has 166 valence electrons. The van der Waals surface area contributed by atoms with Crippen LogP contribution in [0.5, 0.6) is 0 Å². The molecule has 0 aromatic rings. The van der Waals surface area contributed by atoms with E-state index >= 15 is 0 Å². The summed E-state index contributed by atoms with van der Waals surface area (Å²) in [7, 11) is 0. The highest BCUT2D eigenvalue weighted by atomic mass is 16.6. The van der Waals surface area contributed by atoms with Crippen molar-refractivity contribution in [3.8, 4) is 0 Å². The lowest BCUT2D eigenvalue weighted by Gasteiger charge is -2.20. The highest BCUT2D eigenvalue weighted by Crippen LogP contribution is 2.36. The normalized spacial score (nSPS) is 22.8. The Bertz CT molecular complexity index is 549. The van der Waals surface area contributed by atoms with E-state index in [-0.39, 0.29) is 5.41 Å². The van der Waals surface area contributed by atoms with Crippen LogP contribution in [0.2, 0.25) is 0 Å². The number of unbranched alkanes of at least 4 members (excludes halogenated alkanes) is 2. The van der Waals surface area contributed by atoms with Crippen molar-refractivity contribution in [1.82, 2.24) is 0 Å². The molecule has 4 atom stereocenters. The molecule has 0 bridgehead atoms. The molecule has 4 unspecified atom stereocenters. The van der Waals surface area contributed by atoms with Crippen molar-refractivity contribution >= 4 is 0 Å². The van der Waals surface area contributed by atoms with Crippen molar-refractivity contribution in [3.05, 3.63) is 48.1 Å². The summed E-state index contributed by atoms with van der Waals surface area (Å²) in [5.41, 5.74) is 1.67. The fraction of sp³-hybridized carbons (Fsp3) is 0.714. The second kappa shape index (κ2) is 14.0. The molecule has 1 rings (SSSR count). The minimum absolute atomic E-state index is 0.220. The number of hydrogen-bond acceptors (Lipinski definition) is 1. The Kier molecular flexibility index (Phi) is 12.5. The van der Waals surface area contributed by atoms with Gasteiger partial charge in [-0.15, -0.1) is 0 Å². The van der Waals surface area contributed by atoms with Crippen LogP contribution in [0.1, 0.15) is 99.8 Å². The minimum atomic E-state index is 0.220. The van der Waals surface area contributed by atoms with E-state index in [9.17, 15) is 0 Å². The molecule has 0 radical (unpaired) electrons. The van der Waals surface area contributed by atoms with Gasteiger partial charge in [0.05, 0.1) is 12.2 Å². The molecule has 1 fully saturated rings. The van der Waals surface area contributed by atoms with E-state index in [4.69, 9.17) is 4.74 Å². The highest BCUT2D eigenvalue weighted by Gasteiger charge is 2.42. The molecular weight excluding hydrogens is 352 g/mol. The number of ether oxygens (including phenoxy) is 1. The molecule has 29 heavy (non-hydrogen) atoms. The van der Waals surface area contributed by atoms with Gasteiger partial charge < -0.3 is 4.74 Å². The smallest absolute Gasteiger partial charge is 0.0867 e. The standard InChI is InChI=1S/C28H48O/c1-8-10-11-12-13-14-15-20-28(6,7)22-24(4)19-16-18-23(3)21-26-27(29-26)25(5)17-9-2/h11-12,15-16,18-20,23,25-27H,8-10,13-14,17,21-22H2,1-7H3/b12-11+,18-16+,20-15+,24-19+. The van der Waals surface area contributed by atoms with E-state index in [1.165, 1.54) is 31.3 Å². The van der Waals surface area contributed by atoms with Gasteiger partial charge in [0, 0.05) is 0 Å². The predicted octanol–water partition coefficient (Wildman–Crippen LogP) is 8.83. The molecule has 1 nitrogen and oxygen atoms in total. The van der Waals surface area contributed by atoms with Crippen molar-refractivity contribution in [2.45, 2.75) is 112 Å². The summed E-state index contributed by atoms with van der Waals surface area (Å²) in [6, 6.07) is 0. The van der Waals surface area contributed by atoms with Gasteiger partial charge in [0.15, 0.2) is 0 Å². The molecular formula is C28H48O. The van der Waals surface area contributed by atoms with E-state index in [0.29, 0.717) is 24.0 Å². The molecule has 1 aliphatic heterocycles. The third kappa shape index (κ3) is 12.3. The Balaban J connectivity index is 2.32. The first-order valence-corrected chi connectivity index (χ1v) is 12.1. The summed E-state index contributed by atoms with van der Waals surface area (Å²) >= 11 is 0. The van der Waals surface area contributed by atoms with Gasteiger partial charge in [-0.25, -0.2) is 0 Å². The fourth-order valence-corrected chi connectivity index (χ4v) is 4.15. The summed E-state index contributed by atoms with van der Waals surface area (Å²) in [6.07, 6.45) is 26.8. The lowest BCUT2D eigenvalue weighted by atomic mass is 9.85. The second-order valence-electron chi connectivity index (χ2n) is 9.92. The van der Waals surface area contributed by atoms with Crippen LogP contribution in [0, 0.1) is 17.3 Å². The molecule has 0 aromatic carbocycles. The third-order valence-corrected chi connectivity index (χ3v) is 5.78. The van der Waals surface area contributed by atoms with Gasteiger partial charge in [-0.05, 0) is 62.7 Å². The first kappa shape index (κ1) is 26.0. The number of allylic oxidation sites excluding steroid dienone is 8. The average Bonchev–Trinajstić information content (AvgIpc) is 3.39. The van der Waals surface area contributed by atoms with Crippen molar-refractivity contribution in [1.29, 1.82) is 0 Å². The molecule has 1 saturated heterocycles. The van der Waals surface area contributed by atoms with Gasteiger partial charge in [0.1, 0.15) is 0 Å². The van der Waals surface area contributed by atoms with Crippen LogP contribution in [0.3, 0.4) is 0 Å². The maximum atomic E-state index is 5.91. The Hall–Kier alpha value is -1.08. The lowest BCUT2D eigenvalue weighted by molar-refractivity contribution is 0.309. The monoisotopic (exact) mass is 400 g/mol. The van der Waals surface area contributed by atoms with Crippen LogP contribution in [-0.2, 0) is 4.74 Å². The van der Waals surface area contributed by atoms with Crippen LogP contribution in [0.4, 0.5) is 0 Å². The summed E-state index contributed by atoms with van der Waals surface area (Å²) in [5, 5.41) is 0. The van der Waals surface area contributed by atoms with Crippen LogP contribution in [0.15, 0.2) is 48.1 Å². The van der Waals surface area contributed by atoms with E-state index in [1.54, 1.807) is 0 Å². The number of epoxide rings is 1. The third-order valence-electron chi connectivity index (χ3n) is 5.78. The van der Waals surface area contributed by atoms with Crippen LogP contribution >= 0.6 is 0 Å². The largest absolute Gasteiger partial charge is 0.369 e. The van der Waals surface area contributed by atoms with E-state index in [1.807, 2.05) is 0 Å². The zero-order valence-electron chi connectivity index (χ0n) is 20.4. The Labute approximate surface area is 182 Å². The Morgan fingerprint density at radius 2 is 1.69 bits per heavy atom. The molecule has 0 amide bonds. The molecule has 1 aliphatic rings. The van der Waals surface area contributed by atoms with Crippen molar-refractivity contribution < 1.29 is 4.74 Å². The lowest BCUT2D eigenvalue weighted by Crippen LogP contribution is -2.08. The maximum Gasteiger partial charge on any atom is 0.0867 e. The molecule has 0 spiro atoms.